The van der Waals surface area contributed by atoms with E-state index < -0.39 is 10.0 Å². The molecular weight excluding hydrogens is 302 g/mol. The minimum Gasteiger partial charge on any atom is -0.349 e. The van der Waals surface area contributed by atoms with Gasteiger partial charge in [0.1, 0.15) is 0 Å². The summed E-state index contributed by atoms with van der Waals surface area (Å²) in [7, 11) is -3.22. The van der Waals surface area contributed by atoms with Crippen molar-refractivity contribution in [3.63, 3.8) is 0 Å². The second-order valence-electron chi connectivity index (χ2n) is 5.79. The fourth-order valence-corrected chi connectivity index (χ4v) is 4.52. The Hall–Kier alpha value is -1.60. The Labute approximate surface area is 130 Å². The Kier molecular flexibility index (Phi) is 4.35. The summed E-state index contributed by atoms with van der Waals surface area (Å²) < 4.78 is 25.4. The van der Waals surface area contributed by atoms with E-state index in [1.165, 1.54) is 4.31 Å². The Morgan fingerprint density at radius 1 is 1.27 bits per heavy atom. The third kappa shape index (κ3) is 3.25. The molecule has 0 aromatic heterocycles. The van der Waals surface area contributed by atoms with Crippen molar-refractivity contribution in [2.75, 3.05) is 29.7 Å². The van der Waals surface area contributed by atoms with Gasteiger partial charge in [-0.1, -0.05) is 6.07 Å². The van der Waals surface area contributed by atoms with E-state index in [-0.39, 0.29) is 17.7 Å². The molecule has 120 valence electrons. The molecule has 0 unspecified atom stereocenters. The van der Waals surface area contributed by atoms with Gasteiger partial charge in [0.25, 0.3) is 5.91 Å². The molecule has 2 aliphatic heterocycles. The maximum atomic E-state index is 12.3. The minimum atomic E-state index is -3.22. The van der Waals surface area contributed by atoms with E-state index in [9.17, 15) is 13.2 Å². The molecule has 0 spiro atoms. The zero-order chi connectivity index (χ0) is 15.6. The number of hydrogen-bond donors (Lipinski definition) is 2. The molecule has 2 N–H and O–H groups in total. The first-order valence-electron chi connectivity index (χ1n) is 7.68. The van der Waals surface area contributed by atoms with Crippen molar-refractivity contribution in [3.05, 3.63) is 29.8 Å². The van der Waals surface area contributed by atoms with Crippen LogP contribution in [0, 0.1) is 0 Å². The molecule has 0 bridgehead atoms. The normalized spacial score (nSPS) is 21.7. The smallest absolute Gasteiger partial charge is 0.251 e. The van der Waals surface area contributed by atoms with Crippen LogP contribution in [0.25, 0.3) is 0 Å². The second kappa shape index (κ2) is 6.26. The molecule has 2 aliphatic rings. The average molecular weight is 323 g/mol. The summed E-state index contributed by atoms with van der Waals surface area (Å²) in [5.41, 5.74) is 1.09. The number of amides is 1. The Morgan fingerprint density at radius 2 is 2.05 bits per heavy atom. The topological polar surface area (TPSA) is 78.5 Å². The molecule has 0 radical (unpaired) electrons. The molecule has 0 aliphatic carbocycles. The second-order valence-corrected chi connectivity index (χ2v) is 7.80. The maximum Gasteiger partial charge on any atom is 0.251 e. The number of piperidine rings is 1. The first-order chi connectivity index (χ1) is 10.6. The molecule has 0 saturated carbocycles. The molecule has 1 aromatic rings. The highest BCUT2D eigenvalue weighted by molar-refractivity contribution is 7.93. The van der Waals surface area contributed by atoms with Gasteiger partial charge >= 0.3 is 0 Å². The molecule has 3 rings (SSSR count). The number of sulfonamides is 1. The summed E-state index contributed by atoms with van der Waals surface area (Å²) >= 11 is 0. The summed E-state index contributed by atoms with van der Waals surface area (Å²) in [6, 6.07) is 7.06. The van der Waals surface area contributed by atoms with Crippen molar-refractivity contribution >= 4 is 21.6 Å². The number of nitrogens with one attached hydrogen (secondary N) is 2. The molecule has 1 aromatic carbocycles. The Morgan fingerprint density at radius 3 is 2.73 bits per heavy atom. The van der Waals surface area contributed by atoms with Gasteiger partial charge < -0.3 is 10.6 Å². The van der Waals surface area contributed by atoms with Crippen molar-refractivity contribution in [2.24, 2.45) is 0 Å². The number of anilines is 1. The number of nitrogens with zero attached hydrogens (tertiary/aromatic N) is 1. The van der Waals surface area contributed by atoms with Gasteiger partial charge in [0.2, 0.25) is 10.0 Å². The van der Waals surface area contributed by atoms with Crippen LogP contribution in [0.3, 0.4) is 0 Å². The molecule has 7 heteroatoms. The van der Waals surface area contributed by atoms with Crippen LogP contribution in [0.4, 0.5) is 5.69 Å². The molecule has 0 atom stereocenters. The predicted octanol–water partition coefficient (Wildman–Crippen LogP) is 0.708. The van der Waals surface area contributed by atoms with Gasteiger partial charge in [0.05, 0.1) is 11.4 Å². The molecule has 6 nitrogen and oxygen atoms in total. The zero-order valence-electron chi connectivity index (χ0n) is 12.4. The quantitative estimate of drug-likeness (QED) is 0.859. The van der Waals surface area contributed by atoms with Crippen LogP contribution >= 0.6 is 0 Å². The lowest BCUT2D eigenvalue weighted by Gasteiger charge is -2.24. The van der Waals surface area contributed by atoms with E-state index in [1.807, 2.05) is 0 Å². The molecular formula is C15H21N3O3S. The van der Waals surface area contributed by atoms with E-state index in [0.717, 1.165) is 25.9 Å². The largest absolute Gasteiger partial charge is 0.349 e. The predicted molar refractivity (Wildman–Crippen MR) is 85.5 cm³/mol. The summed E-state index contributed by atoms with van der Waals surface area (Å²) in [4.78, 5) is 12.3. The van der Waals surface area contributed by atoms with Crippen molar-refractivity contribution in [3.8, 4) is 0 Å². The van der Waals surface area contributed by atoms with Crippen molar-refractivity contribution in [1.29, 1.82) is 0 Å². The third-order valence-corrected chi connectivity index (χ3v) is 6.04. The number of carbonyl (C=O) groups excluding carboxylic acids is 1. The van der Waals surface area contributed by atoms with Crippen molar-refractivity contribution in [1.82, 2.24) is 10.6 Å². The standard InChI is InChI=1S/C15H21N3O3S/c19-15(17-13-5-7-16-8-6-13)12-3-1-4-14(11-12)18-9-2-10-22(18,20)21/h1,3-4,11,13,16H,2,5-10H2,(H,17,19). The maximum absolute atomic E-state index is 12.3. The first kappa shape index (κ1) is 15.3. The number of hydrogen-bond acceptors (Lipinski definition) is 4. The van der Waals surface area contributed by atoms with Gasteiger partial charge in [-0.05, 0) is 50.6 Å². The first-order valence-corrected chi connectivity index (χ1v) is 9.29. The van der Waals surface area contributed by atoms with Crippen LogP contribution in [-0.2, 0) is 10.0 Å². The van der Waals surface area contributed by atoms with Gasteiger partial charge in [0, 0.05) is 18.2 Å². The lowest BCUT2D eigenvalue weighted by molar-refractivity contribution is 0.0929. The summed E-state index contributed by atoms with van der Waals surface area (Å²) in [5, 5.41) is 6.29. The van der Waals surface area contributed by atoms with Gasteiger partial charge in [-0.15, -0.1) is 0 Å². The Balaban J connectivity index is 1.74. The van der Waals surface area contributed by atoms with Gasteiger partial charge in [0.15, 0.2) is 0 Å². The zero-order valence-corrected chi connectivity index (χ0v) is 13.2. The number of rotatable bonds is 3. The fraction of sp³-hybridized carbons (Fsp3) is 0.533. The van der Waals surface area contributed by atoms with Crippen LogP contribution in [-0.4, -0.2) is 45.8 Å². The van der Waals surface area contributed by atoms with Crippen LogP contribution in [0.15, 0.2) is 24.3 Å². The summed E-state index contributed by atoms with van der Waals surface area (Å²) in [6.07, 6.45) is 2.48. The third-order valence-electron chi connectivity index (χ3n) is 4.17. The lowest BCUT2D eigenvalue weighted by atomic mass is 10.1. The summed E-state index contributed by atoms with van der Waals surface area (Å²) in [6.45, 7) is 2.32. The molecule has 1 amide bonds. The highest BCUT2D eigenvalue weighted by atomic mass is 32.2. The SMILES string of the molecule is O=C(NC1CCNCC1)c1cccc(N2CCCS2(=O)=O)c1. The highest BCUT2D eigenvalue weighted by Gasteiger charge is 2.28. The van der Waals surface area contributed by atoms with E-state index >= 15 is 0 Å². The minimum absolute atomic E-state index is 0.134. The fourth-order valence-electron chi connectivity index (χ4n) is 2.97. The van der Waals surface area contributed by atoms with Gasteiger partial charge in [-0.2, -0.15) is 0 Å². The number of benzene rings is 1. The molecule has 2 fully saturated rings. The van der Waals surface area contributed by atoms with E-state index in [4.69, 9.17) is 0 Å². The van der Waals surface area contributed by atoms with Gasteiger partial charge in [-0.3, -0.25) is 9.10 Å². The Bertz CT molecular complexity index is 654. The van der Waals surface area contributed by atoms with Crippen molar-refractivity contribution < 1.29 is 13.2 Å². The molecule has 2 heterocycles. The highest BCUT2D eigenvalue weighted by Crippen LogP contribution is 2.24. The van der Waals surface area contributed by atoms with Crippen LogP contribution in [0.2, 0.25) is 0 Å². The summed E-state index contributed by atoms with van der Waals surface area (Å²) in [5.74, 6) is 0.0451. The van der Waals surface area contributed by atoms with Gasteiger partial charge in [-0.25, -0.2) is 8.42 Å². The van der Waals surface area contributed by atoms with Crippen LogP contribution in [0.1, 0.15) is 29.6 Å². The number of carbonyl (C=O) groups is 1. The van der Waals surface area contributed by atoms with Crippen LogP contribution in [0.5, 0.6) is 0 Å². The van der Waals surface area contributed by atoms with E-state index in [1.54, 1.807) is 24.3 Å². The van der Waals surface area contributed by atoms with Crippen LogP contribution < -0.4 is 14.9 Å². The van der Waals surface area contributed by atoms with E-state index in [0.29, 0.717) is 24.2 Å². The lowest BCUT2D eigenvalue weighted by Crippen LogP contribution is -2.42. The molecule has 2 saturated heterocycles. The van der Waals surface area contributed by atoms with Crippen molar-refractivity contribution in [2.45, 2.75) is 25.3 Å². The average Bonchev–Trinajstić information content (AvgIpc) is 2.88. The monoisotopic (exact) mass is 323 g/mol. The van der Waals surface area contributed by atoms with E-state index in [2.05, 4.69) is 10.6 Å². The molecule has 22 heavy (non-hydrogen) atoms.